The zero-order valence-electron chi connectivity index (χ0n) is 7.29. The average Bonchev–Trinajstić information content (AvgIpc) is 2.09. The number of hydrogen-bond acceptors (Lipinski definition) is 2. The van der Waals surface area contributed by atoms with Gasteiger partial charge in [0.05, 0.1) is 12.8 Å². The maximum atomic E-state index is 5.51. The molecule has 1 rings (SSSR count). The van der Waals surface area contributed by atoms with E-state index in [1.165, 1.54) is 0 Å². The molecule has 0 unspecified atom stereocenters. The van der Waals surface area contributed by atoms with Gasteiger partial charge in [0, 0.05) is 1.43 Å². The molecule has 64 valence electrons. The molecule has 1 aromatic rings. The predicted molar refractivity (Wildman–Crippen MR) is 50.9 cm³/mol. The number of nitrogen functional groups attached to an aromatic ring is 1. The Kier molecular flexibility index (Phi) is 4.99. The molecule has 0 fully saturated rings. The molecule has 0 amide bonds. The largest absolute Gasteiger partial charge is 0.495 e. The summed E-state index contributed by atoms with van der Waals surface area (Å²) in [6, 6.07) is 7.39. The second-order valence-corrected chi connectivity index (χ2v) is 1.74. The Balaban J connectivity index is 0. The summed E-state index contributed by atoms with van der Waals surface area (Å²) >= 11 is 0. The second-order valence-electron chi connectivity index (χ2n) is 1.74. The minimum Gasteiger partial charge on any atom is -0.495 e. The van der Waals surface area contributed by atoms with Gasteiger partial charge in [-0.2, -0.15) is 0 Å². The summed E-state index contributed by atoms with van der Waals surface area (Å²) in [5.41, 5.74) is 6.19. The monoisotopic (exact) mass is 155 g/mol. The lowest BCUT2D eigenvalue weighted by atomic mass is 10.3. The van der Waals surface area contributed by atoms with Crippen molar-refractivity contribution >= 4 is 5.69 Å². The third-order valence-electron chi connectivity index (χ3n) is 1.14. The summed E-state index contributed by atoms with van der Waals surface area (Å²) in [4.78, 5) is 0. The SMILES string of the molecule is CC.COc1ccccc1N.[HH]. The molecule has 0 saturated carbocycles. The van der Waals surface area contributed by atoms with Crippen molar-refractivity contribution in [3.8, 4) is 5.75 Å². The normalized spacial score (nSPS) is 7.91. The molecule has 0 heterocycles. The fraction of sp³-hybridized carbons (Fsp3) is 0.333. The number of rotatable bonds is 1. The lowest BCUT2D eigenvalue weighted by molar-refractivity contribution is 0.417. The van der Waals surface area contributed by atoms with Gasteiger partial charge in [0.1, 0.15) is 5.75 Å². The van der Waals surface area contributed by atoms with Crippen LogP contribution in [-0.2, 0) is 0 Å². The maximum absolute atomic E-state index is 5.51. The molecule has 0 aliphatic rings. The number of benzene rings is 1. The first-order valence-electron chi connectivity index (χ1n) is 3.73. The Morgan fingerprint density at radius 1 is 1.27 bits per heavy atom. The molecule has 11 heavy (non-hydrogen) atoms. The minimum atomic E-state index is 0. The third kappa shape index (κ3) is 2.94. The summed E-state index contributed by atoms with van der Waals surface area (Å²) in [5.74, 6) is 0.734. The zero-order chi connectivity index (χ0) is 8.69. The highest BCUT2D eigenvalue weighted by Crippen LogP contribution is 2.18. The van der Waals surface area contributed by atoms with Crippen LogP contribution >= 0.6 is 0 Å². The maximum Gasteiger partial charge on any atom is 0.141 e. The van der Waals surface area contributed by atoms with Crippen LogP contribution < -0.4 is 10.5 Å². The van der Waals surface area contributed by atoms with Crippen molar-refractivity contribution in [3.05, 3.63) is 24.3 Å². The van der Waals surface area contributed by atoms with E-state index in [-0.39, 0.29) is 1.43 Å². The first kappa shape index (κ1) is 9.82. The molecule has 0 bridgehead atoms. The van der Waals surface area contributed by atoms with Gasteiger partial charge in [0.15, 0.2) is 0 Å². The van der Waals surface area contributed by atoms with Crippen LogP contribution in [-0.4, -0.2) is 7.11 Å². The van der Waals surface area contributed by atoms with E-state index in [4.69, 9.17) is 10.5 Å². The van der Waals surface area contributed by atoms with E-state index in [0.29, 0.717) is 5.69 Å². The van der Waals surface area contributed by atoms with E-state index in [2.05, 4.69) is 0 Å². The lowest BCUT2D eigenvalue weighted by Gasteiger charge is -2.00. The fourth-order valence-corrected chi connectivity index (χ4v) is 0.666. The van der Waals surface area contributed by atoms with Crippen molar-refractivity contribution < 1.29 is 6.16 Å². The van der Waals surface area contributed by atoms with Gasteiger partial charge >= 0.3 is 0 Å². The molecular weight excluding hydrogens is 138 g/mol. The topological polar surface area (TPSA) is 35.2 Å². The molecule has 1 aromatic carbocycles. The van der Waals surface area contributed by atoms with Crippen LogP contribution in [0.5, 0.6) is 5.75 Å². The van der Waals surface area contributed by atoms with Crippen molar-refractivity contribution in [2.24, 2.45) is 0 Å². The molecule has 0 aliphatic carbocycles. The highest BCUT2D eigenvalue weighted by atomic mass is 16.5. The molecule has 2 nitrogen and oxygen atoms in total. The van der Waals surface area contributed by atoms with E-state index in [9.17, 15) is 0 Å². The molecule has 2 heteroatoms. The second kappa shape index (κ2) is 5.59. The van der Waals surface area contributed by atoms with Crippen LogP contribution in [0.3, 0.4) is 0 Å². The molecule has 0 aromatic heterocycles. The van der Waals surface area contributed by atoms with Crippen LogP contribution in [0.15, 0.2) is 24.3 Å². The van der Waals surface area contributed by atoms with Gasteiger partial charge in [-0.15, -0.1) is 0 Å². The number of nitrogens with two attached hydrogens (primary N) is 1. The predicted octanol–water partition coefficient (Wildman–Crippen LogP) is 2.55. The van der Waals surface area contributed by atoms with Gasteiger partial charge in [-0.1, -0.05) is 26.0 Å². The Bertz CT molecular complexity index is 203. The van der Waals surface area contributed by atoms with Crippen molar-refractivity contribution in [1.82, 2.24) is 0 Å². The van der Waals surface area contributed by atoms with Crippen LogP contribution in [0.1, 0.15) is 15.3 Å². The number of para-hydroxylation sites is 2. The van der Waals surface area contributed by atoms with E-state index in [0.717, 1.165) is 5.75 Å². The number of anilines is 1. The van der Waals surface area contributed by atoms with Crippen LogP contribution in [0, 0.1) is 0 Å². The molecule has 2 N–H and O–H groups in total. The minimum absolute atomic E-state index is 0. The van der Waals surface area contributed by atoms with Crippen LogP contribution in [0.2, 0.25) is 0 Å². The summed E-state index contributed by atoms with van der Waals surface area (Å²) in [5, 5.41) is 0. The highest BCUT2D eigenvalue weighted by molar-refractivity contribution is 5.51. The molecule has 0 radical (unpaired) electrons. The van der Waals surface area contributed by atoms with E-state index >= 15 is 0 Å². The van der Waals surface area contributed by atoms with E-state index < -0.39 is 0 Å². The quantitative estimate of drug-likeness (QED) is 0.632. The molecule has 0 aliphatic heterocycles. The van der Waals surface area contributed by atoms with Crippen molar-refractivity contribution in [2.45, 2.75) is 13.8 Å². The number of hydrogen-bond donors (Lipinski definition) is 1. The van der Waals surface area contributed by atoms with Gasteiger partial charge < -0.3 is 10.5 Å². The van der Waals surface area contributed by atoms with Crippen molar-refractivity contribution in [1.29, 1.82) is 0 Å². The number of methoxy groups -OCH3 is 1. The van der Waals surface area contributed by atoms with Gasteiger partial charge in [-0.25, -0.2) is 0 Å². The highest BCUT2D eigenvalue weighted by Gasteiger charge is 1.91. The van der Waals surface area contributed by atoms with Gasteiger partial charge in [-0.05, 0) is 12.1 Å². The molecule has 0 saturated heterocycles. The average molecular weight is 155 g/mol. The Morgan fingerprint density at radius 3 is 2.18 bits per heavy atom. The summed E-state index contributed by atoms with van der Waals surface area (Å²) in [6.45, 7) is 4.00. The summed E-state index contributed by atoms with van der Waals surface area (Å²) in [6.07, 6.45) is 0. The smallest absolute Gasteiger partial charge is 0.141 e. The van der Waals surface area contributed by atoms with Crippen LogP contribution in [0.4, 0.5) is 5.69 Å². The Hall–Kier alpha value is -1.18. The standard InChI is InChI=1S/C7H9NO.C2H6.H2/c1-9-7-5-3-2-4-6(7)8;1-2;/h2-5H,8H2,1H3;1-2H3;1H. The van der Waals surface area contributed by atoms with E-state index in [1.807, 2.05) is 32.0 Å². The first-order valence-corrected chi connectivity index (χ1v) is 3.73. The molecule has 0 spiro atoms. The third-order valence-corrected chi connectivity index (χ3v) is 1.14. The summed E-state index contributed by atoms with van der Waals surface area (Å²) in [7, 11) is 1.60. The van der Waals surface area contributed by atoms with E-state index in [1.54, 1.807) is 13.2 Å². The fourth-order valence-electron chi connectivity index (χ4n) is 0.666. The lowest BCUT2D eigenvalue weighted by Crippen LogP contribution is -1.89. The summed E-state index contributed by atoms with van der Waals surface area (Å²) < 4.78 is 4.92. The van der Waals surface area contributed by atoms with Gasteiger partial charge in [0.25, 0.3) is 0 Å². The Labute approximate surface area is 69.5 Å². The first-order chi connectivity index (χ1) is 5.34. The molecule has 0 atom stereocenters. The van der Waals surface area contributed by atoms with Crippen molar-refractivity contribution in [3.63, 3.8) is 0 Å². The van der Waals surface area contributed by atoms with Gasteiger partial charge in [0.2, 0.25) is 0 Å². The number of ether oxygens (including phenoxy) is 1. The zero-order valence-corrected chi connectivity index (χ0v) is 7.29. The Morgan fingerprint density at radius 2 is 1.82 bits per heavy atom. The van der Waals surface area contributed by atoms with Crippen LogP contribution in [0.25, 0.3) is 0 Å². The van der Waals surface area contributed by atoms with Gasteiger partial charge in [-0.3, -0.25) is 0 Å². The molecular formula is C9H17NO. The van der Waals surface area contributed by atoms with Crippen molar-refractivity contribution in [2.75, 3.05) is 12.8 Å².